The first-order valence-electron chi connectivity index (χ1n) is 9.82. The summed E-state index contributed by atoms with van der Waals surface area (Å²) in [5, 5.41) is 4.91. The predicted molar refractivity (Wildman–Crippen MR) is 114 cm³/mol. The zero-order valence-corrected chi connectivity index (χ0v) is 16.0. The average Bonchev–Trinajstić information content (AvgIpc) is 3.09. The van der Waals surface area contributed by atoms with Crippen LogP contribution >= 0.6 is 0 Å². The molecule has 0 fully saturated rings. The monoisotopic (exact) mass is 386 g/mol. The lowest BCUT2D eigenvalue weighted by molar-refractivity contribution is 0.0951. The Labute approximate surface area is 167 Å². The number of nitrogens with zero attached hydrogens (tertiary/aromatic N) is 2. The van der Waals surface area contributed by atoms with Gasteiger partial charge in [0, 0.05) is 34.1 Å². The number of carbonyl (C=O) groups excluding carboxylic acids is 1. The second-order valence-corrected chi connectivity index (χ2v) is 7.55. The van der Waals surface area contributed by atoms with Crippen molar-refractivity contribution in [3.8, 4) is 0 Å². The lowest BCUT2D eigenvalue weighted by atomic mass is 9.95. The number of nitrogens with two attached hydrogens (primary N) is 2. The fourth-order valence-electron chi connectivity index (χ4n) is 4.16. The van der Waals surface area contributed by atoms with Crippen molar-refractivity contribution in [2.24, 2.45) is 0 Å². The third-order valence-electron chi connectivity index (χ3n) is 5.62. The molecule has 0 aliphatic heterocycles. The Hall–Kier alpha value is -3.61. The number of rotatable bonds is 3. The molecule has 2 aromatic heterocycles. The summed E-state index contributed by atoms with van der Waals surface area (Å²) in [7, 11) is 0. The van der Waals surface area contributed by atoms with Crippen LogP contribution in [0.3, 0.4) is 0 Å². The van der Waals surface area contributed by atoms with Crippen molar-refractivity contribution >= 4 is 39.5 Å². The summed E-state index contributed by atoms with van der Waals surface area (Å²) in [4.78, 5) is 24.4. The smallest absolute Gasteiger partial charge is 0.251 e. The number of nitrogen functional groups attached to an aromatic ring is 2. The molecule has 146 valence electrons. The van der Waals surface area contributed by atoms with Crippen molar-refractivity contribution < 1.29 is 4.79 Å². The highest BCUT2D eigenvalue weighted by Gasteiger charge is 2.17. The molecule has 7 heteroatoms. The van der Waals surface area contributed by atoms with Gasteiger partial charge in [-0.2, -0.15) is 4.98 Å². The Bertz CT molecular complexity index is 1260. The van der Waals surface area contributed by atoms with Crippen LogP contribution in [0.5, 0.6) is 0 Å². The van der Waals surface area contributed by atoms with Crippen molar-refractivity contribution in [2.75, 3.05) is 11.5 Å². The first kappa shape index (κ1) is 17.5. The predicted octanol–water partition coefficient (Wildman–Crippen LogP) is 3.08. The van der Waals surface area contributed by atoms with Crippen molar-refractivity contribution in [2.45, 2.75) is 32.2 Å². The first-order chi connectivity index (χ1) is 14.1. The number of H-pyrrole nitrogens is 1. The summed E-state index contributed by atoms with van der Waals surface area (Å²) in [5.74, 6) is 0.394. The lowest BCUT2D eigenvalue weighted by Crippen LogP contribution is -2.22. The Balaban J connectivity index is 1.37. The molecule has 6 N–H and O–H groups in total. The fraction of sp³-hybridized carbons (Fsp3) is 0.227. The third-order valence-corrected chi connectivity index (χ3v) is 5.62. The van der Waals surface area contributed by atoms with Crippen LogP contribution in [0, 0.1) is 0 Å². The number of benzene rings is 2. The number of aromatic nitrogens is 3. The number of aryl methyl sites for hydroxylation is 2. The Morgan fingerprint density at radius 1 is 1.03 bits per heavy atom. The van der Waals surface area contributed by atoms with Gasteiger partial charge in [-0.1, -0.05) is 6.07 Å². The molecule has 0 bridgehead atoms. The normalized spacial score (nSPS) is 13.5. The Morgan fingerprint density at radius 3 is 2.79 bits per heavy atom. The molecule has 1 aliphatic carbocycles. The van der Waals surface area contributed by atoms with Crippen LogP contribution in [-0.2, 0) is 19.4 Å². The highest BCUT2D eigenvalue weighted by molar-refractivity contribution is 5.99. The quantitative estimate of drug-likeness (QED) is 0.431. The minimum Gasteiger partial charge on any atom is -0.383 e. The largest absolute Gasteiger partial charge is 0.383 e. The fourth-order valence-corrected chi connectivity index (χ4v) is 4.16. The van der Waals surface area contributed by atoms with Crippen LogP contribution in [0.15, 0.2) is 36.4 Å². The number of aromatic amines is 1. The number of anilines is 2. The molecule has 0 saturated carbocycles. The lowest BCUT2D eigenvalue weighted by Gasteiger charge is -2.11. The van der Waals surface area contributed by atoms with Crippen molar-refractivity contribution in [3.05, 3.63) is 58.8 Å². The second-order valence-electron chi connectivity index (χ2n) is 7.55. The zero-order valence-electron chi connectivity index (χ0n) is 16.0. The minimum atomic E-state index is -0.0977. The molecule has 0 saturated heterocycles. The van der Waals surface area contributed by atoms with Crippen LogP contribution in [0.4, 0.5) is 11.8 Å². The topological polar surface area (TPSA) is 123 Å². The number of carbonyl (C=O) groups is 1. The van der Waals surface area contributed by atoms with Gasteiger partial charge in [0.1, 0.15) is 5.82 Å². The maximum atomic E-state index is 12.7. The third kappa shape index (κ3) is 3.14. The van der Waals surface area contributed by atoms with E-state index in [0.29, 0.717) is 23.4 Å². The van der Waals surface area contributed by atoms with Crippen LogP contribution in [0.25, 0.3) is 21.8 Å². The molecule has 2 aromatic carbocycles. The number of hydrogen-bond donors (Lipinski definition) is 4. The summed E-state index contributed by atoms with van der Waals surface area (Å²) in [6.07, 6.45) is 4.59. The number of hydrogen-bond acceptors (Lipinski definition) is 5. The standard InChI is InChI=1S/C22H22N6O/c23-20-15-7-5-12(9-19(15)27-22(24)28-20)11-25-21(29)13-6-8-18-16(10-13)14-3-1-2-4-17(14)26-18/h5-10,26H,1-4,11H2,(H,25,29)(H4,23,24,27,28). The van der Waals surface area contributed by atoms with Gasteiger partial charge in [-0.25, -0.2) is 4.98 Å². The van der Waals surface area contributed by atoms with E-state index in [1.807, 2.05) is 36.4 Å². The van der Waals surface area contributed by atoms with Gasteiger partial charge < -0.3 is 21.8 Å². The maximum absolute atomic E-state index is 12.7. The molecule has 0 unspecified atom stereocenters. The van der Waals surface area contributed by atoms with E-state index in [2.05, 4.69) is 20.3 Å². The SMILES string of the molecule is Nc1nc(N)c2ccc(CNC(=O)c3ccc4[nH]c5c(c4c3)CCCC5)cc2n1. The molecule has 2 heterocycles. The molecule has 4 aromatic rings. The minimum absolute atomic E-state index is 0.0977. The summed E-state index contributed by atoms with van der Waals surface area (Å²) in [5.41, 5.74) is 17.6. The first-order valence-corrected chi connectivity index (χ1v) is 9.82. The summed E-state index contributed by atoms with van der Waals surface area (Å²) >= 11 is 0. The summed E-state index contributed by atoms with van der Waals surface area (Å²) < 4.78 is 0. The molecule has 5 rings (SSSR count). The van der Waals surface area contributed by atoms with Gasteiger partial charge in [-0.15, -0.1) is 0 Å². The van der Waals surface area contributed by atoms with Crippen LogP contribution in [-0.4, -0.2) is 20.9 Å². The molecule has 1 amide bonds. The molecule has 0 radical (unpaired) electrons. The number of nitrogens with one attached hydrogen (secondary N) is 2. The number of amides is 1. The zero-order chi connectivity index (χ0) is 20.0. The average molecular weight is 386 g/mol. The maximum Gasteiger partial charge on any atom is 0.251 e. The van der Waals surface area contributed by atoms with E-state index < -0.39 is 0 Å². The van der Waals surface area contributed by atoms with Gasteiger partial charge in [-0.3, -0.25) is 4.79 Å². The van der Waals surface area contributed by atoms with E-state index in [9.17, 15) is 4.79 Å². The molecule has 0 atom stereocenters. The highest BCUT2D eigenvalue weighted by atomic mass is 16.1. The number of fused-ring (bicyclic) bond motifs is 4. The van der Waals surface area contributed by atoms with E-state index in [-0.39, 0.29) is 11.9 Å². The van der Waals surface area contributed by atoms with Crippen LogP contribution in [0.1, 0.15) is 40.0 Å². The van der Waals surface area contributed by atoms with E-state index >= 15 is 0 Å². The summed E-state index contributed by atoms with van der Waals surface area (Å²) in [6.45, 7) is 0.391. The van der Waals surface area contributed by atoms with Gasteiger partial charge in [0.25, 0.3) is 5.91 Å². The van der Waals surface area contributed by atoms with Gasteiger partial charge in [0.2, 0.25) is 5.95 Å². The molecule has 29 heavy (non-hydrogen) atoms. The van der Waals surface area contributed by atoms with E-state index in [4.69, 9.17) is 11.5 Å². The van der Waals surface area contributed by atoms with Crippen LogP contribution in [0.2, 0.25) is 0 Å². The molecule has 7 nitrogen and oxygen atoms in total. The summed E-state index contributed by atoms with van der Waals surface area (Å²) in [6, 6.07) is 11.5. The van der Waals surface area contributed by atoms with E-state index in [1.54, 1.807) is 0 Å². The van der Waals surface area contributed by atoms with Gasteiger partial charge >= 0.3 is 0 Å². The van der Waals surface area contributed by atoms with Gasteiger partial charge in [0.05, 0.1) is 5.52 Å². The van der Waals surface area contributed by atoms with Crippen molar-refractivity contribution in [1.82, 2.24) is 20.3 Å². The van der Waals surface area contributed by atoms with Gasteiger partial charge in [0.15, 0.2) is 0 Å². The molecular formula is C22H22N6O. The van der Waals surface area contributed by atoms with Crippen molar-refractivity contribution in [3.63, 3.8) is 0 Å². The molecular weight excluding hydrogens is 364 g/mol. The second kappa shape index (κ2) is 6.77. The van der Waals surface area contributed by atoms with E-state index in [1.165, 1.54) is 29.5 Å². The highest BCUT2D eigenvalue weighted by Crippen LogP contribution is 2.29. The van der Waals surface area contributed by atoms with E-state index in [0.717, 1.165) is 29.3 Å². The Kier molecular flexibility index (Phi) is 4.08. The van der Waals surface area contributed by atoms with Gasteiger partial charge in [-0.05, 0) is 67.1 Å². The molecule has 1 aliphatic rings. The van der Waals surface area contributed by atoms with Crippen LogP contribution < -0.4 is 16.8 Å². The van der Waals surface area contributed by atoms with Crippen molar-refractivity contribution in [1.29, 1.82) is 0 Å². The molecule has 0 spiro atoms. The Morgan fingerprint density at radius 2 is 1.90 bits per heavy atom.